The van der Waals surface area contributed by atoms with Crippen LogP contribution in [0.2, 0.25) is 0 Å². The highest BCUT2D eigenvalue weighted by molar-refractivity contribution is 7.89. The van der Waals surface area contributed by atoms with Gasteiger partial charge in [-0.15, -0.1) is 0 Å². The fraction of sp³-hybridized carbons (Fsp3) is 0.611. The summed E-state index contributed by atoms with van der Waals surface area (Å²) in [6.07, 6.45) is 2.93. The molecule has 0 spiro atoms. The summed E-state index contributed by atoms with van der Waals surface area (Å²) in [6.45, 7) is 3.17. The Hall–Kier alpha value is -1.48. The molecule has 1 aromatic carbocycles. The van der Waals surface area contributed by atoms with Crippen LogP contribution in [0.3, 0.4) is 0 Å². The summed E-state index contributed by atoms with van der Waals surface area (Å²) in [7, 11) is -0.347. The zero-order valence-corrected chi connectivity index (χ0v) is 16.3. The van der Waals surface area contributed by atoms with Crippen LogP contribution in [0.15, 0.2) is 29.2 Å². The van der Waals surface area contributed by atoms with Crippen molar-refractivity contribution in [2.24, 2.45) is 5.41 Å². The van der Waals surface area contributed by atoms with Gasteiger partial charge in [-0.05, 0) is 57.1 Å². The maximum Gasteiger partial charge on any atom is 0.240 e. The normalized spacial score (nSPS) is 17.0. The van der Waals surface area contributed by atoms with Crippen LogP contribution < -0.4 is 15.4 Å². The smallest absolute Gasteiger partial charge is 0.240 e. The quantitative estimate of drug-likeness (QED) is 0.582. The van der Waals surface area contributed by atoms with E-state index in [0.29, 0.717) is 26.0 Å². The lowest BCUT2D eigenvalue weighted by Crippen LogP contribution is -2.47. The van der Waals surface area contributed by atoms with Crippen molar-refractivity contribution < 1.29 is 17.9 Å². The number of hydrogen-bond donors (Lipinski definition) is 3. The van der Waals surface area contributed by atoms with Crippen LogP contribution in [0.4, 0.5) is 0 Å². The van der Waals surface area contributed by atoms with Crippen molar-refractivity contribution in [3.05, 3.63) is 29.8 Å². The van der Waals surface area contributed by atoms with Gasteiger partial charge in [0.25, 0.3) is 0 Å². The second kappa shape index (κ2) is 9.45. The van der Waals surface area contributed by atoms with Crippen molar-refractivity contribution in [1.82, 2.24) is 15.4 Å². The number of piperidine rings is 1. The summed E-state index contributed by atoms with van der Waals surface area (Å²) in [5, 5.41) is 6.38. The minimum atomic E-state index is -3.43. The first-order valence-electron chi connectivity index (χ1n) is 8.90. The predicted octanol–water partition coefficient (Wildman–Crippen LogP) is 0.660. The monoisotopic (exact) mass is 383 g/mol. The molecule has 0 atom stereocenters. The summed E-state index contributed by atoms with van der Waals surface area (Å²) < 4.78 is 31.1. The Morgan fingerprint density at radius 3 is 2.46 bits per heavy atom. The van der Waals surface area contributed by atoms with Crippen LogP contribution in [0.5, 0.6) is 0 Å². The van der Waals surface area contributed by atoms with E-state index in [-0.39, 0.29) is 16.2 Å². The van der Waals surface area contributed by atoms with Gasteiger partial charge in [-0.2, -0.15) is 0 Å². The third kappa shape index (κ3) is 5.77. The van der Waals surface area contributed by atoms with E-state index in [1.807, 2.05) is 0 Å². The first-order chi connectivity index (χ1) is 12.4. The van der Waals surface area contributed by atoms with Gasteiger partial charge in [0.2, 0.25) is 15.9 Å². The molecule has 0 saturated carbocycles. The highest BCUT2D eigenvalue weighted by Gasteiger charge is 2.32. The lowest BCUT2D eigenvalue weighted by atomic mass is 9.79. The lowest BCUT2D eigenvalue weighted by Gasteiger charge is -2.37. The largest absolute Gasteiger partial charge is 0.384 e. The number of amides is 1. The Labute approximate surface area is 155 Å². The summed E-state index contributed by atoms with van der Waals surface area (Å²) in [5.41, 5.74) is 0.947. The molecule has 8 heteroatoms. The van der Waals surface area contributed by atoms with Crippen LogP contribution in [0, 0.1) is 5.41 Å². The SMILES string of the molecule is CNS(=O)(=O)c1ccc(CCC(=O)NCC2(COC)CCNCC2)cc1. The molecule has 1 aliphatic heterocycles. The van der Waals surface area contributed by atoms with Gasteiger partial charge in [-0.25, -0.2) is 13.1 Å². The molecule has 3 N–H and O–H groups in total. The van der Waals surface area contributed by atoms with Crippen LogP contribution in [0.25, 0.3) is 0 Å². The summed E-state index contributed by atoms with van der Waals surface area (Å²) in [4.78, 5) is 12.4. The van der Waals surface area contributed by atoms with Crippen molar-refractivity contribution in [1.29, 1.82) is 0 Å². The molecule has 1 aliphatic rings. The van der Waals surface area contributed by atoms with E-state index in [0.717, 1.165) is 31.5 Å². The maximum atomic E-state index is 12.2. The molecular formula is C18H29N3O4S. The fourth-order valence-electron chi connectivity index (χ4n) is 3.22. The highest BCUT2D eigenvalue weighted by atomic mass is 32.2. The second-order valence-electron chi connectivity index (χ2n) is 6.81. The van der Waals surface area contributed by atoms with Crippen LogP contribution in [-0.4, -0.2) is 54.7 Å². The van der Waals surface area contributed by atoms with Crippen molar-refractivity contribution in [3.63, 3.8) is 0 Å². The number of ether oxygens (including phenoxy) is 1. The number of methoxy groups -OCH3 is 1. The Balaban J connectivity index is 1.83. The van der Waals surface area contributed by atoms with E-state index in [9.17, 15) is 13.2 Å². The molecule has 146 valence electrons. The molecule has 0 aliphatic carbocycles. The van der Waals surface area contributed by atoms with E-state index < -0.39 is 10.0 Å². The van der Waals surface area contributed by atoms with Crippen molar-refractivity contribution in [3.8, 4) is 0 Å². The number of carbonyl (C=O) groups excluding carboxylic acids is 1. The molecule has 0 radical (unpaired) electrons. The van der Waals surface area contributed by atoms with Gasteiger partial charge in [0.05, 0.1) is 11.5 Å². The Kier molecular flexibility index (Phi) is 7.57. The minimum Gasteiger partial charge on any atom is -0.384 e. The van der Waals surface area contributed by atoms with E-state index in [2.05, 4.69) is 15.4 Å². The third-order valence-electron chi connectivity index (χ3n) is 4.92. The minimum absolute atomic E-state index is 0.00549. The lowest BCUT2D eigenvalue weighted by molar-refractivity contribution is -0.122. The number of hydrogen-bond acceptors (Lipinski definition) is 5. The first-order valence-corrected chi connectivity index (χ1v) is 10.4. The van der Waals surface area contributed by atoms with Gasteiger partial charge >= 0.3 is 0 Å². The van der Waals surface area contributed by atoms with E-state index >= 15 is 0 Å². The number of carbonyl (C=O) groups is 1. The summed E-state index contributed by atoms with van der Waals surface area (Å²) >= 11 is 0. The Morgan fingerprint density at radius 1 is 1.23 bits per heavy atom. The average molecular weight is 384 g/mol. The first kappa shape index (κ1) is 20.8. The van der Waals surface area contributed by atoms with E-state index in [1.54, 1.807) is 31.4 Å². The zero-order valence-electron chi connectivity index (χ0n) is 15.5. The molecule has 1 heterocycles. The van der Waals surface area contributed by atoms with Gasteiger partial charge in [0.1, 0.15) is 0 Å². The standard InChI is InChI=1S/C18H29N3O4S/c1-19-26(23,24)16-6-3-15(4-7-16)5-8-17(22)21-13-18(14-25-2)9-11-20-12-10-18/h3-4,6-7,19-20H,5,8-14H2,1-2H3,(H,21,22). The molecule has 0 bridgehead atoms. The van der Waals surface area contributed by atoms with Crippen LogP contribution in [-0.2, 0) is 26.0 Å². The highest BCUT2D eigenvalue weighted by Crippen LogP contribution is 2.28. The fourth-order valence-corrected chi connectivity index (χ4v) is 3.95. The van der Waals surface area contributed by atoms with Crippen LogP contribution in [0.1, 0.15) is 24.8 Å². The van der Waals surface area contributed by atoms with E-state index in [4.69, 9.17) is 4.74 Å². The summed E-state index contributed by atoms with van der Waals surface area (Å²) in [5.74, 6) is 0.00549. The molecule has 0 unspecified atom stereocenters. The van der Waals surface area contributed by atoms with Gasteiger partial charge in [0, 0.05) is 25.5 Å². The molecule has 1 saturated heterocycles. The average Bonchev–Trinajstić information content (AvgIpc) is 2.66. The van der Waals surface area contributed by atoms with Gasteiger partial charge in [0.15, 0.2) is 0 Å². The van der Waals surface area contributed by atoms with Crippen molar-refractivity contribution in [2.75, 3.05) is 40.4 Å². The topological polar surface area (TPSA) is 96.5 Å². The molecule has 7 nitrogen and oxygen atoms in total. The number of nitrogens with one attached hydrogen (secondary N) is 3. The second-order valence-corrected chi connectivity index (χ2v) is 8.70. The number of aryl methyl sites for hydroxylation is 1. The van der Waals surface area contributed by atoms with Crippen molar-refractivity contribution >= 4 is 15.9 Å². The predicted molar refractivity (Wildman–Crippen MR) is 100 cm³/mol. The van der Waals surface area contributed by atoms with Gasteiger partial charge < -0.3 is 15.4 Å². The zero-order chi connectivity index (χ0) is 19.0. The Bertz CT molecular complexity index is 677. The number of sulfonamides is 1. The van der Waals surface area contributed by atoms with Gasteiger partial charge in [-0.3, -0.25) is 4.79 Å². The molecule has 1 fully saturated rings. The van der Waals surface area contributed by atoms with Crippen LogP contribution >= 0.6 is 0 Å². The molecule has 1 amide bonds. The number of benzene rings is 1. The molecule has 2 rings (SSSR count). The number of rotatable bonds is 9. The van der Waals surface area contributed by atoms with Gasteiger partial charge in [-0.1, -0.05) is 12.1 Å². The molecule has 0 aromatic heterocycles. The Morgan fingerprint density at radius 2 is 1.88 bits per heavy atom. The van der Waals surface area contributed by atoms with E-state index in [1.165, 1.54) is 7.05 Å². The van der Waals surface area contributed by atoms with Crippen molar-refractivity contribution in [2.45, 2.75) is 30.6 Å². The molecular weight excluding hydrogens is 354 g/mol. The third-order valence-corrected chi connectivity index (χ3v) is 6.35. The maximum absolute atomic E-state index is 12.2. The molecule has 26 heavy (non-hydrogen) atoms. The molecule has 1 aromatic rings. The summed E-state index contributed by atoms with van der Waals surface area (Å²) in [6, 6.07) is 6.61.